The van der Waals surface area contributed by atoms with E-state index in [4.69, 9.17) is 0 Å². The van der Waals surface area contributed by atoms with Crippen LogP contribution in [-0.2, 0) is 26.2 Å². The number of imidazole rings is 1. The van der Waals surface area contributed by atoms with Gasteiger partial charge in [0, 0.05) is 68.3 Å². The van der Waals surface area contributed by atoms with E-state index in [0.717, 1.165) is 29.7 Å². The highest BCUT2D eigenvalue weighted by atomic mass is 19.4. The SMILES string of the molecule is CCC(c1cncc(C)c1)N(C)CCc1c(C=O)cc(Cn2ccnc2C)cc1-c1cn(C)nc1C(F)(F)F. The predicted molar refractivity (Wildman–Crippen MR) is 143 cm³/mol. The van der Waals surface area contributed by atoms with Crippen molar-refractivity contribution in [1.29, 1.82) is 0 Å². The molecule has 0 radical (unpaired) electrons. The monoisotopic (exact) mass is 538 g/mol. The number of pyridine rings is 1. The molecule has 0 fully saturated rings. The van der Waals surface area contributed by atoms with Gasteiger partial charge >= 0.3 is 6.18 Å². The smallest absolute Gasteiger partial charge is 0.331 e. The fourth-order valence-corrected chi connectivity index (χ4v) is 5.14. The molecule has 1 aromatic carbocycles. The highest BCUT2D eigenvalue weighted by Gasteiger charge is 2.38. The number of carbonyl (C=O) groups is 1. The molecule has 39 heavy (non-hydrogen) atoms. The van der Waals surface area contributed by atoms with E-state index in [1.54, 1.807) is 30.7 Å². The number of alkyl halides is 3. The Hall–Kier alpha value is -3.79. The number of nitrogens with zero attached hydrogens (tertiary/aromatic N) is 6. The van der Waals surface area contributed by atoms with Crippen molar-refractivity contribution in [2.24, 2.45) is 7.05 Å². The predicted octanol–water partition coefficient (Wildman–Crippen LogP) is 5.80. The Labute approximate surface area is 226 Å². The molecule has 0 aliphatic rings. The second-order valence-corrected chi connectivity index (χ2v) is 9.94. The van der Waals surface area contributed by atoms with Crippen molar-refractivity contribution in [1.82, 2.24) is 29.2 Å². The molecule has 3 aromatic heterocycles. The number of likely N-dealkylation sites (N-methyl/N-ethyl adjacent to an activating group) is 1. The fourth-order valence-electron chi connectivity index (χ4n) is 5.14. The zero-order valence-corrected chi connectivity index (χ0v) is 22.8. The van der Waals surface area contributed by atoms with Gasteiger partial charge in [0.1, 0.15) is 12.1 Å². The van der Waals surface area contributed by atoms with Crippen molar-refractivity contribution < 1.29 is 18.0 Å². The van der Waals surface area contributed by atoms with E-state index in [0.29, 0.717) is 41.8 Å². The van der Waals surface area contributed by atoms with E-state index < -0.39 is 11.9 Å². The number of halogens is 3. The van der Waals surface area contributed by atoms with Crippen LogP contribution in [0.4, 0.5) is 13.2 Å². The molecule has 206 valence electrons. The quantitative estimate of drug-likeness (QED) is 0.239. The van der Waals surface area contributed by atoms with Gasteiger partial charge in [-0.1, -0.05) is 13.0 Å². The Balaban J connectivity index is 1.77. The van der Waals surface area contributed by atoms with E-state index in [9.17, 15) is 18.0 Å². The molecule has 7 nitrogen and oxygen atoms in total. The van der Waals surface area contributed by atoms with Gasteiger partial charge in [0.25, 0.3) is 0 Å². The van der Waals surface area contributed by atoms with Crippen LogP contribution in [0.15, 0.2) is 49.2 Å². The largest absolute Gasteiger partial charge is 0.435 e. The third-order valence-corrected chi connectivity index (χ3v) is 7.05. The maximum absolute atomic E-state index is 14.0. The van der Waals surface area contributed by atoms with Gasteiger partial charge in [0.2, 0.25) is 0 Å². The lowest BCUT2D eigenvalue weighted by atomic mass is 9.91. The zero-order valence-electron chi connectivity index (χ0n) is 22.8. The van der Waals surface area contributed by atoms with Gasteiger partial charge in [-0.3, -0.25) is 19.4 Å². The van der Waals surface area contributed by atoms with Crippen LogP contribution in [-0.4, -0.2) is 49.1 Å². The number of carbonyl (C=O) groups excluding carboxylic acids is 1. The molecule has 3 heterocycles. The standard InChI is InChI=1S/C29H33F3N6O/c1-6-27(22-11-19(2)14-33-15-22)36(4)9-7-24-23(18-39)12-21(16-38-10-8-34-20(38)3)13-25(24)26-17-37(5)35-28(26)29(30,31)32/h8,10-15,17-18,27H,6-7,9,16H2,1-5H3. The highest BCUT2D eigenvalue weighted by Crippen LogP contribution is 2.39. The van der Waals surface area contributed by atoms with Crippen molar-refractivity contribution in [3.63, 3.8) is 0 Å². The lowest BCUT2D eigenvalue weighted by Crippen LogP contribution is -2.27. The number of benzene rings is 1. The molecule has 0 aliphatic carbocycles. The van der Waals surface area contributed by atoms with Crippen LogP contribution < -0.4 is 0 Å². The van der Waals surface area contributed by atoms with Crippen molar-refractivity contribution in [3.8, 4) is 11.1 Å². The van der Waals surface area contributed by atoms with E-state index >= 15 is 0 Å². The van der Waals surface area contributed by atoms with Gasteiger partial charge in [0.05, 0.1) is 0 Å². The van der Waals surface area contributed by atoms with E-state index in [1.165, 1.54) is 17.9 Å². The summed E-state index contributed by atoms with van der Waals surface area (Å²) < 4.78 is 45.2. The Kier molecular flexibility index (Phi) is 8.34. The van der Waals surface area contributed by atoms with Gasteiger partial charge in [-0.25, -0.2) is 4.98 Å². The summed E-state index contributed by atoms with van der Waals surface area (Å²) in [5.74, 6) is 0.767. The minimum Gasteiger partial charge on any atom is -0.331 e. The summed E-state index contributed by atoms with van der Waals surface area (Å²) in [6.45, 7) is 6.83. The number of hydrogen-bond donors (Lipinski definition) is 0. The Morgan fingerprint density at radius 3 is 2.51 bits per heavy atom. The number of aromatic nitrogens is 5. The van der Waals surface area contributed by atoms with Crippen LogP contribution in [0.3, 0.4) is 0 Å². The van der Waals surface area contributed by atoms with Gasteiger partial charge in [0.15, 0.2) is 5.69 Å². The summed E-state index contributed by atoms with van der Waals surface area (Å²) in [4.78, 5) is 23.0. The molecule has 1 unspecified atom stereocenters. The molecule has 0 N–H and O–H groups in total. The third-order valence-electron chi connectivity index (χ3n) is 7.05. The lowest BCUT2D eigenvalue weighted by Gasteiger charge is -2.28. The molecule has 4 rings (SSSR count). The molecule has 0 saturated heterocycles. The van der Waals surface area contributed by atoms with Crippen LogP contribution in [0.25, 0.3) is 11.1 Å². The molecular formula is C29H33F3N6O. The first-order valence-electron chi connectivity index (χ1n) is 12.8. The summed E-state index contributed by atoms with van der Waals surface area (Å²) in [6, 6.07) is 5.68. The van der Waals surface area contributed by atoms with Gasteiger partial charge in [-0.05, 0) is 73.7 Å². The van der Waals surface area contributed by atoms with E-state index in [2.05, 4.69) is 33.0 Å². The number of hydrogen-bond acceptors (Lipinski definition) is 5. The van der Waals surface area contributed by atoms with Gasteiger partial charge in [-0.2, -0.15) is 18.3 Å². The topological polar surface area (TPSA) is 68.8 Å². The molecule has 0 bridgehead atoms. The molecular weight excluding hydrogens is 505 g/mol. The van der Waals surface area contributed by atoms with Crippen molar-refractivity contribution >= 4 is 6.29 Å². The third kappa shape index (κ3) is 6.27. The van der Waals surface area contributed by atoms with Crippen LogP contribution in [0.1, 0.15) is 63.5 Å². The summed E-state index contributed by atoms with van der Waals surface area (Å²) in [7, 11) is 3.45. The molecule has 0 spiro atoms. The Bertz CT molecular complexity index is 1460. The minimum atomic E-state index is -4.64. The number of aldehydes is 1. The summed E-state index contributed by atoms with van der Waals surface area (Å²) in [5.41, 5.74) is 3.15. The Morgan fingerprint density at radius 2 is 1.90 bits per heavy atom. The van der Waals surface area contributed by atoms with Crippen LogP contribution in [0, 0.1) is 13.8 Å². The molecule has 1 atom stereocenters. The summed E-state index contributed by atoms with van der Waals surface area (Å²) in [5, 5.41) is 3.73. The first-order chi connectivity index (χ1) is 18.5. The summed E-state index contributed by atoms with van der Waals surface area (Å²) in [6.07, 6.45) is 5.79. The van der Waals surface area contributed by atoms with Crippen molar-refractivity contribution in [2.75, 3.05) is 13.6 Å². The first kappa shape index (κ1) is 28.2. The minimum absolute atomic E-state index is 0.0371. The first-order valence-corrected chi connectivity index (χ1v) is 12.8. The molecule has 0 amide bonds. The average Bonchev–Trinajstić information content (AvgIpc) is 3.48. The highest BCUT2D eigenvalue weighted by molar-refractivity contribution is 5.84. The average molecular weight is 539 g/mol. The van der Waals surface area contributed by atoms with Crippen LogP contribution >= 0.6 is 0 Å². The molecule has 0 saturated carbocycles. The van der Waals surface area contributed by atoms with Crippen molar-refractivity contribution in [3.05, 3.63) is 88.5 Å². The van der Waals surface area contributed by atoms with E-state index in [-0.39, 0.29) is 11.6 Å². The lowest BCUT2D eigenvalue weighted by molar-refractivity contribution is -0.140. The molecule has 0 aliphatic heterocycles. The maximum Gasteiger partial charge on any atom is 0.435 e. The normalized spacial score (nSPS) is 12.7. The van der Waals surface area contributed by atoms with Gasteiger partial charge in [-0.15, -0.1) is 0 Å². The van der Waals surface area contributed by atoms with Crippen LogP contribution in [0.2, 0.25) is 0 Å². The Morgan fingerprint density at radius 1 is 1.13 bits per heavy atom. The second kappa shape index (κ2) is 11.5. The second-order valence-electron chi connectivity index (χ2n) is 9.94. The maximum atomic E-state index is 14.0. The van der Waals surface area contributed by atoms with Crippen molar-refractivity contribution in [2.45, 2.75) is 52.4 Å². The molecule has 10 heteroatoms. The fraction of sp³-hybridized carbons (Fsp3) is 0.379. The number of rotatable bonds is 10. The molecule has 4 aromatic rings. The number of aryl methyl sites for hydroxylation is 3. The van der Waals surface area contributed by atoms with Crippen LogP contribution in [0.5, 0.6) is 0 Å². The summed E-state index contributed by atoms with van der Waals surface area (Å²) >= 11 is 0. The zero-order chi connectivity index (χ0) is 28.3. The van der Waals surface area contributed by atoms with Gasteiger partial charge < -0.3 is 4.57 Å². The van der Waals surface area contributed by atoms with E-state index in [1.807, 2.05) is 31.7 Å².